The standard InChI is InChI=1S/C7H16N2O2S/c1-6-3-4-9(5-7(6)2)12(8,10)11/h6-7H,3-5H2,1-2H3,(H2,8,10,11)/t6-,7?/m1/s1. The minimum atomic E-state index is -3.45. The van der Waals surface area contributed by atoms with Crippen LogP contribution in [0.4, 0.5) is 0 Å². The van der Waals surface area contributed by atoms with E-state index in [1.807, 2.05) is 0 Å². The van der Waals surface area contributed by atoms with Crippen LogP contribution in [0, 0.1) is 11.8 Å². The van der Waals surface area contributed by atoms with E-state index < -0.39 is 10.2 Å². The van der Waals surface area contributed by atoms with Crippen LogP contribution in [0.1, 0.15) is 20.3 Å². The summed E-state index contributed by atoms with van der Waals surface area (Å²) in [5.74, 6) is 1.01. The third-order valence-corrected chi connectivity index (χ3v) is 3.71. The van der Waals surface area contributed by atoms with Gasteiger partial charge in [0.05, 0.1) is 0 Å². The molecule has 2 N–H and O–H groups in total. The molecule has 0 bridgehead atoms. The van der Waals surface area contributed by atoms with Crippen LogP contribution < -0.4 is 5.14 Å². The van der Waals surface area contributed by atoms with Gasteiger partial charge in [0.15, 0.2) is 0 Å². The molecule has 0 saturated carbocycles. The number of hydrogen-bond acceptors (Lipinski definition) is 2. The fraction of sp³-hybridized carbons (Fsp3) is 1.00. The van der Waals surface area contributed by atoms with Crippen LogP contribution in [0.25, 0.3) is 0 Å². The molecule has 1 unspecified atom stereocenters. The lowest BCUT2D eigenvalue weighted by atomic mass is 9.90. The topological polar surface area (TPSA) is 63.4 Å². The Morgan fingerprint density at radius 2 is 1.92 bits per heavy atom. The Balaban J connectivity index is 2.64. The summed E-state index contributed by atoms with van der Waals surface area (Å²) < 4.78 is 23.2. The van der Waals surface area contributed by atoms with Gasteiger partial charge in [-0.15, -0.1) is 0 Å². The molecule has 0 aromatic rings. The van der Waals surface area contributed by atoms with Gasteiger partial charge in [-0.25, -0.2) is 5.14 Å². The fourth-order valence-electron chi connectivity index (χ4n) is 1.46. The summed E-state index contributed by atoms with van der Waals surface area (Å²) in [5.41, 5.74) is 0. The normalized spacial score (nSPS) is 33.6. The molecule has 1 aliphatic rings. The van der Waals surface area contributed by atoms with Crippen LogP contribution in [-0.2, 0) is 10.2 Å². The molecule has 12 heavy (non-hydrogen) atoms. The Morgan fingerprint density at radius 1 is 1.33 bits per heavy atom. The van der Waals surface area contributed by atoms with Gasteiger partial charge in [-0.1, -0.05) is 13.8 Å². The molecule has 1 aliphatic heterocycles. The van der Waals surface area contributed by atoms with E-state index in [0.717, 1.165) is 6.42 Å². The predicted octanol–water partition coefficient (Wildman–Crippen LogP) is 0.168. The molecule has 1 saturated heterocycles. The summed E-state index contributed by atoms with van der Waals surface area (Å²) in [6.07, 6.45) is 0.914. The van der Waals surface area contributed by atoms with Gasteiger partial charge >= 0.3 is 0 Å². The highest BCUT2D eigenvalue weighted by Gasteiger charge is 2.27. The highest BCUT2D eigenvalue weighted by molar-refractivity contribution is 7.86. The van der Waals surface area contributed by atoms with Crippen molar-refractivity contribution >= 4 is 10.2 Å². The van der Waals surface area contributed by atoms with Crippen molar-refractivity contribution < 1.29 is 8.42 Å². The highest BCUT2D eigenvalue weighted by atomic mass is 32.2. The third-order valence-electron chi connectivity index (χ3n) is 2.66. The Hall–Kier alpha value is -0.130. The van der Waals surface area contributed by atoms with Crippen LogP contribution in [0.5, 0.6) is 0 Å². The minimum absolute atomic E-state index is 0.414. The molecule has 0 amide bonds. The smallest absolute Gasteiger partial charge is 0.216 e. The van der Waals surface area contributed by atoms with Crippen molar-refractivity contribution in [1.29, 1.82) is 0 Å². The Kier molecular flexibility index (Phi) is 2.75. The van der Waals surface area contributed by atoms with E-state index in [1.165, 1.54) is 4.31 Å². The van der Waals surface area contributed by atoms with Crippen molar-refractivity contribution in [3.8, 4) is 0 Å². The average molecular weight is 192 g/mol. The Morgan fingerprint density at radius 3 is 2.33 bits per heavy atom. The molecule has 1 fully saturated rings. The first-order valence-electron chi connectivity index (χ1n) is 4.19. The first-order valence-corrected chi connectivity index (χ1v) is 5.69. The number of hydrogen-bond donors (Lipinski definition) is 1. The molecule has 72 valence electrons. The van der Waals surface area contributed by atoms with Crippen molar-refractivity contribution in [2.75, 3.05) is 13.1 Å². The molecular formula is C7H16N2O2S. The minimum Gasteiger partial charge on any atom is -0.216 e. The zero-order valence-corrected chi connectivity index (χ0v) is 8.34. The molecule has 4 nitrogen and oxygen atoms in total. The molecule has 0 radical (unpaired) electrons. The van der Waals surface area contributed by atoms with Gasteiger partial charge in [-0.3, -0.25) is 0 Å². The maximum Gasteiger partial charge on any atom is 0.276 e. The summed E-state index contributed by atoms with van der Waals surface area (Å²) in [6.45, 7) is 5.34. The number of rotatable bonds is 1. The lowest BCUT2D eigenvalue weighted by Crippen LogP contribution is -2.45. The average Bonchev–Trinajstić information content (AvgIpc) is 1.92. The lowest BCUT2D eigenvalue weighted by molar-refractivity contribution is 0.212. The molecule has 0 aliphatic carbocycles. The van der Waals surface area contributed by atoms with Gasteiger partial charge in [-0.2, -0.15) is 12.7 Å². The van der Waals surface area contributed by atoms with Crippen molar-refractivity contribution in [3.05, 3.63) is 0 Å². The zero-order chi connectivity index (χ0) is 9.35. The zero-order valence-electron chi connectivity index (χ0n) is 7.53. The van der Waals surface area contributed by atoms with Gasteiger partial charge in [0.2, 0.25) is 0 Å². The fourth-order valence-corrected chi connectivity index (χ4v) is 2.26. The summed E-state index contributed by atoms with van der Waals surface area (Å²) in [7, 11) is -3.45. The van der Waals surface area contributed by atoms with Crippen molar-refractivity contribution in [1.82, 2.24) is 4.31 Å². The van der Waals surface area contributed by atoms with Crippen LogP contribution in [-0.4, -0.2) is 25.8 Å². The molecule has 1 heterocycles. The molecule has 0 aromatic carbocycles. The van der Waals surface area contributed by atoms with Crippen LogP contribution >= 0.6 is 0 Å². The van der Waals surface area contributed by atoms with E-state index in [9.17, 15) is 8.42 Å². The Labute approximate surface area is 73.9 Å². The molecule has 2 atom stereocenters. The summed E-state index contributed by atoms with van der Waals surface area (Å²) in [4.78, 5) is 0. The van der Waals surface area contributed by atoms with E-state index in [1.54, 1.807) is 0 Å². The predicted molar refractivity (Wildman–Crippen MR) is 47.6 cm³/mol. The second-order valence-electron chi connectivity index (χ2n) is 3.65. The number of piperidine rings is 1. The monoisotopic (exact) mass is 192 g/mol. The first kappa shape index (κ1) is 9.95. The first-order chi connectivity index (χ1) is 5.41. The van der Waals surface area contributed by atoms with Crippen molar-refractivity contribution in [2.24, 2.45) is 17.0 Å². The third kappa shape index (κ3) is 2.18. The van der Waals surface area contributed by atoms with Crippen LogP contribution in [0.2, 0.25) is 0 Å². The highest BCUT2D eigenvalue weighted by Crippen LogP contribution is 2.23. The number of nitrogens with zero attached hydrogens (tertiary/aromatic N) is 1. The van der Waals surface area contributed by atoms with E-state index in [4.69, 9.17) is 5.14 Å². The molecule has 1 rings (SSSR count). The van der Waals surface area contributed by atoms with E-state index in [2.05, 4.69) is 13.8 Å². The quantitative estimate of drug-likeness (QED) is 0.643. The van der Waals surface area contributed by atoms with Crippen molar-refractivity contribution in [3.63, 3.8) is 0 Å². The molecule has 0 aromatic heterocycles. The summed E-state index contributed by atoms with van der Waals surface area (Å²) >= 11 is 0. The second kappa shape index (κ2) is 3.32. The molecular weight excluding hydrogens is 176 g/mol. The van der Waals surface area contributed by atoms with Gasteiger partial charge in [0, 0.05) is 13.1 Å². The Bertz CT molecular complexity index is 250. The molecule has 0 spiro atoms. The van der Waals surface area contributed by atoms with Gasteiger partial charge < -0.3 is 0 Å². The largest absolute Gasteiger partial charge is 0.276 e. The summed E-state index contributed by atoms with van der Waals surface area (Å²) in [5, 5.41) is 5.02. The van der Waals surface area contributed by atoms with Crippen molar-refractivity contribution in [2.45, 2.75) is 20.3 Å². The maximum atomic E-state index is 10.9. The second-order valence-corrected chi connectivity index (χ2v) is 5.19. The summed E-state index contributed by atoms with van der Waals surface area (Å²) in [6, 6.07) is 0. The van der Waals surface area contributed by atoms with Gasteiger partial charge in [0.25, 0.3) is 10.2 Å². The molecule has 5 heteroatoms. The number of nitrogens with two attached hydrogens (primary N) is 1. The lowest BCUT2D eigenvalue weighted by Gasteiger charge is -2.33. The SMILES string of the molecule is CC1CN(S(N)(=O)=O)CC[C@H]1C. The maximum absolute atomic E-state index is 10.9. The van der Waals surface area contributed by atoms with Gasteiger partial charge in [-0.05, 0) is 18.3 Å². The van der Waals surface area contributed by atoms with E-state index >= 15 is 0 Å². The van der Waals surface area contributed by atoms with Crippen LogP contribution in [0.15, 0.2) is 0 Å². The van der Waals surface area contributed by atoms with Gasteiger partial charge in [0.1, 0.15) is 0 Å². The van der Waals surface area contributed by atoms with E-state index in [0.29, 0.717) is 24.9 Å². The van der Waals surface area contributed by atoms with E-state index in [-0.39, 0.29) is 0 Å². The van der Waals surface area contributed by atoms with Crippen LogP contribution in [0.3, 0.4) is 0 Å².